The van der Waals surface area contributed by atoms with E-state index < -0.39 is 0 Å². The van der Waals surface area contributed by atoms with Crippen LogP contribution in [0.2, 0.25) is 0 Å². The molecule has 0 aliphatic rings. The molecule has 2 heteroatoms. The van der Waals surface area contributed by atoms with Gasteiger partial charge in [0.05, 0.1) is 0 Å². The smallest absolute Gasteiger partial charge is 0.100 e. The minimum Gasteiger partial charge on any atom is -0.327 e. The molecule has 0 bridgehead atoms. The average molecular weight is 202 g/mol. The summed E-state index contributed by atoms with van der Waals surface area (Å²) in [5.41, 5.74) is 6.35. The molecule has 1 aromatic carbocycles. The number of hydrogen-bond donors (Lipinski definition) is 1. The summed E-state index contributed by atoms with van der Waals surface area (Å²) in [6.45, 7) is 4.55. The van der Waals surface area contributed by atoms with Gasteiger partial charge in [-0.3, -0.25) is 4.99 Å². The first-order chi connectivity index (χ1) is 7.23. The molecule has 0 saturated heterocycles. The Morgan fingerprint density at radius 1 is 1.33 bits per heavy atom. The van der Waals surface area contributed by atoms with Crippen LogP contribution in [-0.2, 0) is 5.54 Å². The topological polar surface area (TPSA) is 38.4 Å². The van der Waals surface area contributed by atoms with E-state index in [1.165, 1.54) is 5.56 Å². The normalized spacial score (nSPS) is 15.9. The molecule has 0 saturated carbocycles. The van der Waals surface area contributed by atoms with Gasteiger partial charge in [0.25, 0.3) is 0 Å². The van der Waals surface area contributed by atoms with Crippen LogP contribution in [0.1, 0.15) is 19.4 Å². The van der Waals surface area contributed by atoms with Gasteiger partial charge < -0.3 is 5.73 Å². The Morgan fingerprint density at radius 2 is 2.00 bits per heavy atom. The second-order valence-corrected chi connectivity index (χ2v) is 3.54. The molecule has 0 heterocycles. The van der Waals surface area contributed by atoms with Crippen LogP contribution in [-0.4, -0.2) is 12.8 Å². The van der Waals surface area contributed by atoms with Crippen molar-refractivity contribution in [1.82, 2.24) is 0 Å². The zero-order chi connectivity index (χ0) is 11.1. The van der Waals surface area contributed by atoms with Crippen LogP contribution in [0.5, 0.6) is 0 Å². The molecule has 1 unspecified atom stereocenters. The number of nitrogens with zero attached hydrogens (tertiary/aromatic N) is 1. The average Bonchev–Trinajstić information content (AvgIpc) is 2.28. The number of rotatable bonds is 4. The van der Waals surface area contributed by atoms with Gasteiger partial charge in [0.15, 0.2) is 0 Å². The van der Waals surface area contributed by atoms with E-state index in [2.05, 4.69) is 24.0 Å². The van der Waals surface area contributed by atoms with E-state index in [1.54, 1.807) is 0 Å². The third-order valence-corrected chi connectivity index (χ3v) is 2.33. The maximum Gasteiger partial charge on any atom is 0.100 e. The fraction of sp³-hybridized carbons (Fsp3) is 0.308. The highest BCUT2D eigenvalue weighted by atomic mass is 14.8. The lowest BCUT2D eigenvalue weighted by Crippen LogP contribution is -2.16. The molecule has 0 spiro atoms. The second-order valence-electron chi connectivity index (χ2n) is 3.54. The molecule has 80 valence electrons. The van der Waals surface area contributed by atoms with Crippen molar-refractivity contribution < 1.29 is 0 Å². The van der Waals surface area contributed by atoms with E-state index in [4.69, 9.17) is 5.73 Å². The third-order valence-electron chi connectivity index (χ3n) is 2.33. The number of hydrogen-bond acceptors (Lipinski definition) is 2. The number of aliphatic imine (C=N–C) groups is 1. The predicted molar refractivity (Wildman–Crippen MR) is 66.2 cm³/mol. The van der Waals surface area contributed by atoms with Crippen LogP contribution >= 0.6 is 0 Å². The van der Waals surface area contributed by atoms with Gasteiger partial charge in [-0.05, 0) is 25.6 Å². The Bertz CT molecular complexity index is 341. The van der Waals surface area contributed by atoms with Crippen molar-refractivity contribution in [2.45, 2.75) is 19.4 Å². The maximum atomic E-state index is 5.47. The SMILES string of the molecule is CC=NC(C)(/C=C\CN)c1ccccc1. The molecule has 2 nitrogen and oxygen atoms in total. The molecule has 0 fully saturated rings. The summed E-state index contributed by atoms with van der Waals surface area (Å²) in [5, 5.41) is 0. The van der Waals surface area contributed by atoms with Crippen molar-refractivity contribution in [3.63, 3.8) is 0 Å². The van der Waals surface area contributed by atoms with Gasteiger partial charge in [0.1, 0.15) is 5.54 Å². The highest BCUT2D eigenvalue weighted by molar-refractivity contribution is 5.55. The fourth-order valence-electron chi connectivity index (χ4n) is 1.56. The van der Waals surface area contributed by atoms with E-state index in [9.17, 15) is 0 Å². The molecule has 0 aliphatic carbocycles. The van der Waals surface area contributed by atoms with E-state index in [0.29, 0.717) is 6.54 Å². The fourth-order valence-corrected chi connectivity index (χ4v) is 1.56. The van der Waals surface area contributed by atoms with Crippen LogP contribution in [0.15, 0.2) is 47.5 Å². The zero-order valence-corrected chi connectivity index (χ0v) is 9.35. The van der Waals surface area contributed by atoms with E-state index in [1.807, 2.05) is 43.5 Å². The summed E-state index contributed by atoms with van der Waals surface area (Å²) in [5.74, 6) is 0. The van der Waals surface area contributed by atoms with Crippen LogP contribution in [0.4, 0.5) is 0 Å². The first-order valence-electron chi connectivity index (χ1n) is 5.16. The van der Waals surface area contributed by atoms with Crippen molar-refractivity contribution >= 4 is 6.21 Å². The van der Waals surface area contributed by atoms with Gasteiger partial charge in [-0.2, -0.15) is 0 Å². The molecule has 0 aliphatic heterocycles. The van der Waals surface area contributed by atoms with Gasteiger partial charge in [-0.15, -0.1) is 0 Å². The van der Waals surface area contributed by atoms with Gasteiger partial charge in [-0.1, -0.05) is 42.5 Å². The molecule has 15 heavy (non-hydrogen) atoms. The zero-order valence-electron chi connectivity index (χ0n) is 9.35. The molecule has 1 rings (SSSR count). The summed E-state index contributed by atoms with van der Waals surface area (Å²) in [7, 11) is 0. The lowest BCUT2D eigenvalue weighted by Gasteiger charge is -2.21. The van der Waals surface area contributed by atoms with Gasteiger partial charge in [0.2, 0.25) is 0 Å². The standard InChI is InChI=1S/C13H18N2/c1-3-15-13(2,10-7-11-14)12-8-5-4-6-9-12/h3-10H,11,14H2,1-2H3/b10-7-,15-3?. The van der Waals surface area contributed by atoms with Crippen molar-refractivity contribution in [3.05, 3.63) is 48.0 Å². The first-order valence-corrected chi connectivity index (χ1v) is 5.16. The lowest BCUT2D eigenvalue weighted by molar-refractivity contribution is 0.635. The Balaban J connectivity index is 3.06. The summed E-state index contributed by atoms with van der Waals surface area (Å²) >= 11 is 0. The molecule has 0 aromatic heterocycles. The Hall–Kier alpha value is -1.41. The van der Waals surface area contributed by atoms with Crippen molar-refractivity contribution in [2.75, 3.05) is 6.54 Å². The molecule has 1 aromatic rings. The van der Waals surface area contributed by atoms with Gasteiger partial charge in [0, 0.05) is 6.54 Å². The highest BCUT2D eigenvalue weighted by Crippen LogP contribution is 2.26. The van der Waals surface area contributed by atoms with Gasteiger partial charge >= 0.3 is 0 Å². The Kier molecular flexibility index (Phi) is 4.25. The minimum absolute atomic E-state index is 0.296. The monoisotopic (exact) mass is 202 g/mol. The summed E-state index contributed by atoms with van der Waals surface area (Å²) in [6.07, 6.45) is 5.82. The molecule has 1 atom stereocenters. The minimum atomic E-state index is -0.296. The Labute approximate surface area is 91.5 Å². The summed E-state index contributed by atoms with van der Waals surface area (Å²) < 4.78 is 0. The molecule has 2 N–H and O–H groups in total. The Morgan fingerprint density at radius 3 is 2.53 bits per heavy atom. The predicted octanol–water partition coefficient (Wildman–Crippen LogP) is 2.51. The molecule has 0 radical (unpaired) electrons. The molecular weight excluding hydrogens is 184 g/mol. The third kappa shape index (κ3) is 3.03. The molecule has 0 amide bonds. The van der Waals surface area contributed by atoms with Crippen LogP contribution < -0.4 is 5.73 Å². The second kappa shape index (κ2) is 5.47. The first kappa shape index (κ1) is 11.7. The van der Waals surface area contributed by atoms with E-state index in [-0.39, 0.29) is 5.54 Å². The van der Waals surface area contributed by atoms with Crippen LogP contribution in [0.25, 0.3) is 0 Å². The van der Waals surface area contributed by atoms with Gasteiger partial charge in [-0.25, -0.2) is 0 Å². The van der Waals surface area contributed by atoms with Crippen LogP contribution in [0.3, 0.4) is 0 Å². The summed E-state index contributed by atoms with van der Waals surface area (Å²) in [4.78, 5) is 4.50. The number of nitrogens with two attached hydrogens (primary N) is 1. The van der Waals surface area contributed by atoms with Crippen molar-refractivity contribution in [2.24, 2.45) is 10.7 Å². The summed E-state index contributed by atoms with van der Waals surface area (Å²) in [6, 6.07) is 10.2. The van der Waals surface area contributed by atoms with E-state index in [0.717, 1.165) is 0 Å². The quantitative estimate of drug-likeness (QED) is 0.591. The number of benzene rings is 1. The maximum absolute atomic E-state index is 5.47. The molecular formula is C13H18N2. The lowest BCUT2D eigenvalue weighted by atomic mass is 9.92. The largest absolute Gasteiger partial charge is 0.327 e. The van der Waals surface area contributed by atoms with E-state index >= 15 is 0 Å². The highest BCUT2D eigenvalue weighted by Gasteiger charge is 2.20. The van der Waals surface area contributed by atoms with Crippen molar-refractivity contribution in [1.29, 1.82) is 0 Å². The van der Waals surface area contributed by atoms with Crippen molar-refractivity contribution in [3.8, 4) is 0 Å². The van der Waals surface area contributed by atoms with Crippen LogP contribution in [0, 0.1) is 0 Å².